The van der Waals surface area contributed by atoms with Gasteiger partial charge in [0, 0.05) is 25.1 Å². The van der Waals surface area contributed by atoms with Gasteiger partial charge >= 0.3 is 0 Å². The maximum absolute atomic E-state index is 12.7. The number of aliphatic hydroxyl groups excluding tert-OH is 1. The number of rotatable bonds is 4. The van der Waals surface area contributed by atoms with E-state index in [4.69, 9.17) is 9.47 Å². The van der Waals surface area contributed by atoms with Gasteiger partial charge in [0.2, 0.25) is 10.0 Å². The zero-order chi connectivity index (χ0) is 15.2. The van der Waals surface area contributed by atoms with Crippen LogP contribution in [0.15, 0.2) is 23.1 Å². The summed E-state index contributed by atoms with van der Waals surface area (Å²) in [7, 11) is -0.580. The van der Waals surface area contributed by atoms with Crippen LogP contribution in [0.3, 0.4) is 0 Å². The van der Waals surface area contributed by atoms with Gasteiger partial charge in [0.05, 0.1) is 25.2 Å². The van der Waals surface area contributed by atoms with Gasteiger partial charge in [0.15, 0.2) is 11.5 Å². The standard InChI is InChI=1S/C14H19NO5S/c1-19-13-4-3-10(6-14(13)20-2)21(17,18)15-7-9-5-12(16)11(9)8-15/h3-4,6,9,11-12,16H,5,7-8H2,1-2H3. The first kappa shape index (κ1) is 14.6. The summed E-state index contributed by atoms with van der Waals surface area (Å²) in [6.07, 6.45) is 0.336. The van der Waals surface area contributed by atoms with Crippen LogP contribution in [0, 0.1) is 11.8 Å². The first-order chi connectivity index (χ1) is 9.97. The molecule has 2 fully saturated rings. The Bertz CT molecular complexity index is 645. The van der Waals surface area contributed by atoms with Crippen molar-refractivity contribution < 1.29 is 23.0 Å². The molecule has 6 nitrogen and oxygen atoms in total. The van der Waals surface area contributed by atoms with Crippen molar-refractivity contribution in [3.05, 3.63) is 18.2 Å². The lowest BCUT2D eigenvalue weighted by molar-refractivity contribution is -0.00416. The molecule has 1 aromatic rings. The lowest BCUT2D eigenvalue weighted by Gasteiger charge is -2.34. The van der Waals surface area contributed by atoms with Crippen molar-refractivity contribution >= 4 is 10.0 Å². The second kappa shape index (κ2) is 5.15. The van der Waals surface area contributed by atoms with Crippen LogP contribution in [0.4, 0.5) is 0 Å². The predicted molar refractivity (Wildman–Crippen MR) is 75.9 cm³/mol. The van der Waals surface area contributed by atoms with Crippen LogP contribution >= 0.6 is 0 Å². The minimum absolute atomic E-state index is 0.0833. The Morgan fingerprint density at radius 3 is 2.48 bits per heavy atom. The normalized spacial score (nSPS) is 28.8. The third kappa shape index (κ3) is 2.29. The minimum atomic E-state index is -3.56. The Balaban J connectivity index is 1.88. The van der Waals surface area contributed by atoms with Gasteiger partial charge in [-0.2, -0.15) is 4.31 Å². The Kier molecular flexibility index (Phi) is 3.59. The topological polar surface area (TPSA) is 76.1 Å². The van der Waals surface area contributed by atoms with Gasteiger partial charge < -0.3 is 14.6 Å². The van der Waals surface area contributed by atoms with E-state index in [1.54, 1.807) is 6.07 Å². The molecule has 0 radical (unpaired) electrons. The van der Waals surface area contributed by atoms with Crippen molar-refractivity contribution in [1.29, 1.82) is 0 Å². The highest BCUT2D eigenvalue weighted by Crippen LogP contribution is 2.43. The quantitative estimate of drug-likeness (QED) is 0.886. The summed E-state index contributed by atoms with van der Waals surface area (Å²) in [6, 6.07) is 4.59. The Labute approximate surface area is 124 Å². The summed E-state index contributed by atoms with van der Waals surface area (Å²) < 4.78 is 37.1. The molecule has 21 heavy (non-hydrogen) atoms. The Morgan fingerprint density at radius 2 is 1.90 bits per heavy atom. The largest absolute Gasteiger partial charge is 0.493 e. The van der Waals surface area contributed by atoms with Gasteiger partial charge in [-0.3, -0.25) is 0 Å². The van der Waals surface area contributed by atoms with Gasteiger partial charge in [0.1, 0.15) is 0 Å². The fourth-order valence-electron chi connectivity index (χ4n) is 3.15. The number of nitrogens with zero attached hydrogens (tertiary/aromatic N) is 1. The van der Waals surface area contributed by atoms with Crippen LogP contribution in [0.2, 0.25) is 0 Å². The van der Waals surface area contributed by atoms with Gasteiger partial charge in [-0.25, -0.2) is 8.42 Å². The van der Waals surface area contributed by atoms with Gasteiger partial charge in [-0.1, -0.05) is 0 Å². The molecule has 1 aromatic carbocycles. The monoisotopic (exact) mass is 313 g/mol. The summed E-state index contributed by atoms with van der Waals surface area (Å²) in [4.78, 5) is 0.191. The number of hydrogen-bond donors (Lipinski definition) is 1. The maximum Gasteiger partial charge on any atom is 0.243 e. The van der Waals surface area contributed by atoms with Gasteiger partial charge in [0.25, 0.3) is 0 Å². The van der Waals surface area contributed by atoms with E-state index in [0.29, 0.717) is 31.0 Å². The van der Waals surface area contributed by atoms with Crippen LogP contribution in [0.5, 0.6) is 11.5 Å². The fourth-order valence-corrected chi connectivity index (χ4v) is 4.70. The van der Waals surface area contributed by atoms with Crippen molar-refractivity contribution in [1.82, 2.24) is 4.31 Å². The van der Waals surface area contributed by atoms with Crippen LogP contribution in [-0.2, 0) is 10.0 Å². The maximum atomic E-state index is 12.7. The molecule has 3 unspecified atom stereocenters. The average Bonchev–Trinajstić information content (AvgIpc) is 2.84. The fraction of sp³-hybridized carbons (Fsp3) is 0.571. The summed E-state index contributed by atoms with van der Waals surface area (Å²) in [6.45, 7) is 0.876. The highest BCUT2D eigenvalue weighted by molar-refractivity contribution is 7.89. The SMILES string of the molecule is COc1ccc(S(=O)(=O)N2CC3CC(O)C3C2)cc1OC. The zero-order valence-corrected chi connectivity index (χ0v) is 12.8. The molecular formula is C14H19NO5S. The molecule has 1 saturated heterocycles. The summed E-state index contributed by atoms with van der Waals surface area (Å²) in [5, 5.41) is 9.66. The molecule has 3 atom stereocenters. The molecule has 116 valence electrons. The van der Waals surface area contributed by atoms with Crippen molar-refractivity contribution in [3.8, 4) is 11.5 Å². The van der Waals surface area contributed by atoms with Gasteiger partial charge in [-0.15, -0.1) is 0 Å². The van der Waals surface area contributed by atoms with Crippen molar-refractivity contribution in [3.63, 3.8) is 0 Å². The smallest absolute Gasteiger partial charge is 0.243 e. The predicted octanol–water partition coefficient (Wildman–Crippen LogP) is 0.705. The van der Waals surface area contributed by atoms with Crippen molar-refractivity contribution in [2.24, 2.45) is 11.8 Å². The number of sulfonamides is 1. The number of aliphatic hydroxyl groups is 1. The molecule has 1 aliphatic carbocycles. The van der Waals surface area contributed by atoms with E-state index in [1.165, 1.54) is 30.7 Å². The van der Waals surface area contributed by atoms with Crippen molar-refractivity contribution in [2.45, 2.75) is 17.4 Å². The van der Waals surface area contributed by atoms with E-state index in [1.807, 2.05) is 0 Å². The lowest BCUT2D eigenvalue weighted by Crippen LogP contribution is -2.39. The van der Waals surface area contributed by atoms with Crippen LogP contribution in [0.25, 0.3) is 0 Å². The number of benzene rings is 1. The molecular weight excluding hydrogens is 294 g/mol. The Morgan fingerprint density at radius 1 is 1.19 bits per heavy atom. The van der Waals surface area contributed by atoms with Crippen molar-refractivity contribution in [2.75, 3.05) is 27.3 Å². The third-order valence-electron chi connectivity index (χ3n) is 4.49. The lowest BCUT2D eigenvalue weighted by atomic mass is 9.74. The average molecular weight is 313 g/mol. The number of fused-ring (bicyclic) bond motifs is 1. The first-order valence-corrected chi connectivity index (χ1v) is 8.31. The molecule has 1 N–H and O–H groups in total. The molecule has 1 aliphatic heterocycles. The first-order valence-electron chi connectivity index (χ1n) is 6.87. The number of ether oxygens (including phenoxy) is 2. The van der Waals surface area contributed by atoms with E-state index in [0.717, 1.165) is 0 Å². The van der Waals surface area contributed by atoms with E-state index >= 15 is 0 Å². The number of hydrogen-bond acceptors (Lipinski definition) is 5. The molecule has 1 saturated carbocycles. The molecule has 0 aromatic heterocycles. The molecule has 3 rings (SSSR count). The van der Waals surface area contributed by atoms with Crippen LogP contribution < -0.4 is 9.47 Å². The van der Waals surface area contributed by atoms with E-state index in [9.17, 15) is 13.5 Å². The van der Waals surface area contributed by atoms with Gasteiger partial charge in [-0.05, 0) is 24.5 Å². The molecule has 2 aliphatic rings. The molecule has 7 heteroatoms. The number of methoxy groups -OCH3 is 2. The van der Waals surface area contributed by atoms with E-state index < -0.39 is 10.0 Å². The highest BCUT2D eigenvalue weighted by Gasteiger charge is 2.49. The van der Waals surface area contributed by atoms with Crippen LogP contribution in [0.1, 0.15) is 6.42 Å². The van der Waals surface area contributed by atoms with E-state index in [-0.39, 0.29) is 22.8 Å². The molecule has 1 heterocycles. The van der Waals surface area contributed by atoms with E-state index in [2.05, 4.69) is 0 Å². The summed E-state index contributed by atoms with van der Waals surface area (Å²) >= 11 is 0. The second-order valence-corrected chi connectivity index (χ2v) is 7.50. The second-order valence-electron chi connectivity index (χ2n) is 5.57. The Hall–Kier alpha value is -1.31. The molecule has 0 bridgehead atoms. The molecule has 0 amide bonds. The third-order valence-corrected chi connectivity index (χ3v) is 6.32. The van der Waals surface area contributed by atoms with Crippen LogP contribution in [-0.4, -0.2) is 51.2 Å². The minimum Gasteiger partial charge on any atom is -0.493 e. The zero-order valence-electron chi connectivity index (χ0n) is 12.0. The molecule has 0 spiro atoms. The summed E-state index contributed by atoms with van der Waals surface area (Å²) in [5.74, 6) is 1.25. The summed E-state index contributed by atoms with van der Waals surface area (Å²) in [5.41, 5.74) is 0. The highest BCUT2D eigenvalue weighted by atomic mass is 32.2.